The molecule has 8 heteroatoms. The Bertz CT molecular complexity index is 682. The molecule has 1 aromatic carbocycles. The number of nitrogen functional groups attached to an aromatic ring is 1. The van der Waals surface area contributed by atoms with Crippen LogP contribution in [-0.4, -0.2) is 15.1 Å². The zero-order valence-corrected chi connectivity index (χ0v) is 12.0. The summed E-state index contributed by atoms with van der Waals surface area (Å²) in [5.41, 5.74) is 7.29. The third-order valence-corrected chi connectivity index (χ3v) is 2.80. The molecule has 0 amide bonds. The van der Waals surface area contributed by atoms with Gasteiger partial charge in [-0.3, -0.25) is 15.2 Å². The number of nitro benzene ring substituents is 1. The van der Waals surface area contributed by atoms with Gasteiger partial charge in [0.25, 0.3) is 5.69 Å². The van der Waals surface area contributed by atoms with E-state index in [1.807, 2.05) is 20.8 Å². The third-order valence-electron chi connectivity index (χ3n) is 2.80. The van der Waals surface area contributed by atoms with Crippen LogP contribution in [0, 0.1) is 10.1 Å². The summed E-state index contributed by atoms with van der Waals surface area (Å²) < 4.78 is 0. The summed E-state index contributed by atoms with van der Waals surface area (Å²) in [4.78, 5) is 10.1. The number of non-ortho nitro benzene ring substituents is 1. The van der Waals surface area contributed by atoms with Crippen LogP contribution in [0.3, 0.4) is 0 Å². The standard InChI is InChI=1S/C13H16N6O2/c1-13(2,3)11-10(12(14)18-17-11)16-15-8-4-6-9(7-5-8)19(20)21/h4-7H,1-3H3,(H3,14,17,18). The van der Waals surface area contributed by atoms with Gasteiger partial charge in [0.15, 0.2) is 5.69 Å². The Labute approximate surface area is 121 Å². The maximum absolute atomic E-state index is 10.6. The number of aromatic nitrogens is 2. The van der Waals surface area contributed by atoms with Gasteiger partial charge in [0, 0.05) is 17.5 Å². The topological polar surface area (TPSA) is 123 Å². The van der Waals surface area contributed by atoms with Crippen LogP contribution in [0.25, 0.3) is 0 Å². The van der Waals surface area contributed by atoms with Crippen LogP contribution >= 0.6 is 0 Å². The number of H-pyrrole nitrogens is 1. The van der Waals surface area contributed by atoms with Crippen LogP contribution in [0.4, 0.5) is 22.9 Å². The van der Waals surface area contributed by atoms with Crippen LogP contribution in [0.5, 0.6) is 0 Å². The Morgan fingerprint density at radius 2 is 1.86 bits per heavy atom. The number of nitro groups is 1. The first-order valence-electron chi connectivity index (χ1n) is 6.29. The molecule has 0 atom stereocenters. The van der Waals surface area contributed by atoms with Crippen molar-refractivity contribution in [3.05, 3.63) is 40.1 Å². The summed E-state index contributed by atoms with van der Waals surface area (Å²) in [6.45, 7) is 5.98. The molecule has 2 rings (SSSR count). The molecule has 8 nitrogen and oxygen atoms in total. The lowest BCUT2D eigenvalue weighted by Crippen LogP contribution is -2.11. The fourth-order valence-corrected chi connectivity index (χ4v) is 1.72. The van der Waals surface area contributed by atoms with Crippen molar-refractivity contribution in [3.63, 3.8) is 0 Å². The fraction of sp³-hybridized carbons (Fsp3) is 0.308. The highest BCUT2D eigenvalue weighted by molar-refractivity contribution is 5.62. The molecular formula is C13H16N6O2. The fourth-order valence-electron chi connectivity index (χ4n) is 1.72. The molecule has 1 aromatic heterocycles. The van der Waals surface area contributed by atoms with E-state index in [1.165, 1.54) is 24.3 Å². The molecular weight excluding hydrogens is 272 g/mol. The molecule has 0 bridgehead atoms. The van der Waals surface area contributed by atoms with Crippen LogP contribution in [0.1, 0.15) is 26.5 Å². The number of nitrogens with zero attached hydrogens (tertiary/aromatic N) is 4. The SMILES string of the molecule is CC(C)(C)c1n[nH]c(N)c1N=Nc1ccc([N+](=O)[O-])cc1. The number of rotatable bonds is 3. The van der Waals surface area contributed by atoms with Crippen molar-refractivity contribution >= 4 is 22.9 Å². The lowest BCUT2D eigenvalue weighted by molar-refractivity contribution is -0.384. The Morgan fingerprint density at radius 1 is 1.24 bits per heavy atom. The van der Waals surface area contributed by atoms with Gasteiger partial charge in [-0.1, -0.05) is 20.8 Å². The molecule has 0 spiro atoms. The van der Waals surface area contributed by atoms with Crippen LogP contribution in [-0.2, 0) is 5.41 Å². The number of nitrogens with two attached hydrogens (primary N) is 1. The second-order valence-corrected chi connectivity index (χ2v) is 5.56. The predicted molar refractivity (Wildman–Crippen MR) is 79.0 cm³/mol. The molecule has 0 aliphatic carbocycles. The molecule has 0 unspecified atom stereocenters. The van der Waals surface area contributed by atoms with Crippen LogP contribution in [0.2, 0.25) is 0 Å². The van der Waals surface area contributed by atoms with Crippen molar-refractivity contribution in [2.45, 2.75) is 26.2 Å². The summed E-state index contributed by atoms with van der Waals surface area (Å²) in [6.07, 6.45) is 0. The summed E-state index contributed by atoms with van der Waals surface area (Å²) in [5.74, 6) is 0.339. The highest BCUT2D eigenvalue weighted by atomic mass is 16.6. The Kier molecular flexibility index (Phi) is 3.70. The second-order valence-electron chi connectivity index (χ2n) is 5.56. The summed E-state index contributed by atoms with van der Waals surface area (Å²) in [7, 11) is 0. The first-order valence-corrected chi connectivity index (χ1v) is 6.29. The number of benzene rings is 1. The minimum absolute atomic E-state index is 0.00663. The molecule has 3 N–H and O–H groups in total. The molecule has 0 saturated carbocycles. The summed E-state index contributed by atoms with van der Waals surface area (Å²) in [5, 5.41) is 25.6. The highest BCUT2D eigenvalue weighted by Gasteiger charge is 2.23. The van der Waals surface area contributed by atoms with Gasteiger partial charge < -0.3 is 5.73 Å². The zero-order chi connectivity index (χ0) is 15.6. The normalized spacial score (nSPS) is 12.0. The van der Waals surface area contributed by atoms with Crippen LogP contribution < -0.4 is 5.73 Å². The summed E-state index contributed by atoms with van der Waals surface area (Å²) in [6, 6.07) is 5.79. The Hall–Kier alpha value is -2.77. The number of azo groups is 1. The van der Waals surface area contributed by atoms with Gasteiger partial charge in [-0.25, -0.2) is 0 Å². The number of aromatic amines is 1. The maximum Gasteiger partial charge on any atom is 0.269 e. The van der Waals surface area contributed by atoms with Crippen molar-refractivity contribution in [1.82, 2.24) is 10.2 Å². The van der Waals surface area contributed by atoms with Gasteiger partial charge in [-0.15, -0.1) is 5.11 Å². The predicted octanol–water partition coefficient (Wildman–Crippen LogP) is 3.61. The molecule has 0 fully saturated rings. The monoisotopic (exact) mass is 288 g/mol. The molecule has 110 valence electrons. The van der Waals surface area contributed by atoms with Crippen molar-refractivity contribution in [1.29, 1.82) is 0 Å². The van der Waals surface area contributed by atoms with E-state index in [0.29, 0.717) is 22.9 Å². The van der Waals surface area contributed by atoms with E-state index in [0.717, 1.165) is 0 Å². The highest BCUT2D eigenvalue weighted by Crippen LogP contribution is 2.34. The zero-order valence-electron chi connectivity index (χ0n) is 12.0. The molecule has 0 aliphatic heterocycles. The van der Waals surface area contributed by atoms with Gasteiger partial charge in [0.2, 0.25) is 0 Å². The molecule has 0 aliphatic rings. The quantitative estimate of drug-likeness (QED) is 0.508. The molecule has 0 radical (unpaired) electrons. The average Bonchev–Trinajstić information content (AvgIpc) is 2.78. The van der Waals surface area contributed by atoms with Crippen molar-refractivity contribution in [2.75, 3.05) is 5.73 Å². The first kappa shape index (κ1) is 14.6. The van der Waals surface area contributed by atoms with E-state index in [-0.39, 0.29) is 11.1 Å². The average molecular weight is 288 g/mol. The van der Waals surface area contributed by atoms with E-state index < -0.39 is 4.92 Å². The molecule has 21 heavy (non-hydrogen) atoms. The largest absolute Gasteiger partial charge is 0.382 e. The Morgan fingerprint density at radius 3 is 2.38 bits per heavy atom. The van der Waals surface area contributed by atoms with E-state index in [1.54, 1.807) is 0 Å². The smallest absolute Gasteiger partial charge is 0.269 e. The van der Waals surface area contributed by atoms with Crippen molar-refractivity contribution in [3.8, 4) is 0 Å². The van der Waals surface area contributed by atoms with Gasteiger partial charge in [0.05, 0.1) is 16.3 Å². The maximum atomic E-state index is 10.6. The molecule has 0 saturated heterocycles. The number of nitrogens with one attached hydrogen (secondary N) is 1. The summed E-state index contributed by atoms with van der Waals surface area (Å²) >= 11 is 0. The number of hydrogen-bond donors (Lipinski definition) is 2. The van der Waals surface area contributed by atoms with Crippen LogP contribution in [0.15, 0.2) is 34.5 Å². The van der Waals surface area contributed by atoms with Crippen molar-refractivity contribution < 1.29 is 4.92 Å². The van der Waals surface area contributed by atoms with E-state index in [2.05, 4.69) is 20.4 Å². The molecule has 2 aromatic rings. The van der Waals surface area contributed by atoms with E-state index >= 15 is 0 Å². The Balaban J connectivity index is 2.29. The van der Waals surface area contributed by atoms with Crippen molar-refractivity contribution in [2.24, 2.45) is 10.2 Å². The number of anilines is 1. The lowest BCUT2D eigenvalue weighted by atomic mass is 9.91. The van der Waals surface area contributed by atoms with Gasteiger partial charge in [0.1, 0.15) is 5.82 Å². The first-order chi connectivity index (χ1) is 9.79. The third kappa shape index (κ3) is 3.22. The van der Waals surface area contributed by atoms with Gasteiger partial charge in [-0.05, 0) is 12.1 Å². The van der Waals surface area contributed by atoms with Gasteiger partial charge >= 0.3 is 0 Å². The minimum atomic E-state index is -0.466. The molecule has 1 heterocycles. The number of hydrogen-bond acceptors (Lipinski definition) is 6. The van der Waals surface area contributed by atoms with E-state index in [9.17, 15) is 10.1 Å². The van der Waals surface area contributed by atoms with E-state index in [4.69, 9.17) is 5.73 Å². The lowest BCUT2D eigenvalue weighted by Gasteiger charge is -2.15. The minimum Gasteiger partial charge on any atom is -0.382 e. The van der Waals surface area contributed by atoms with Gasteiger partial charge in [-0.2, -0.15) is 10.2 Å². The second kappa shape index (κ2) is 5.31.